The minimum Gasteiger partial charge on any atom is -0.456 e. The van der Waals surface area contributed by atoms with Crippen molar-refractivity contribution in [2.24, 2.45) is 0 Å². The number of hydrogen-bond acceptors (Lipinski definition) is 2. The smallest absolute Gasteiger partial charge is 0.136 e. The molecule has 0 radical (unpaired) electrons. The van der Waals surface area contributed by atoms with Crippen molar-refractivity contribution in [2.45, 2.75) is 0 Å². The summed E-state index contributed by atoms with van der Waals surface area (Å²) in [5, 5.41) is 7.93. The molecule has 188 valence electrons. The zero-order valence-corrected chi connectivity index (χ0v) is 22.8. The van der Waals surface area contributed by atoms with Crippen LogP contribution in [0.2, 0.25) is 5.02 Å². The Kier molecular flexibility index (Phi) is 4.57. The van der Waals surface area contributed by atoms with Crippen molar-refractivity contribution in [3.63, 3.8) is 0 Å². The highest BCUT2D eigenvalue weighted by atomic mass is 35.5. The van der Waals surface area contributed by atoms with Crippen LogP contribution in [0.25, 0.3) is 80.7 Å². The van der Waals surface area contributed by atoms with Gasteiger partial charge in [0, 0.05) is 42.7 Å². The predicted molar refractivity (Wildman–Crippen MR) is 171 cm³/mol. The first-order valence-electron chi connectivity index (χ1n) is 13.3. The normalized spacial score (nSPS) is 12.1. The Labute approximate surface area is 238 Å². The van der Waals surface area contributed by atoms with Gasteiger partial charge >= 0.3 is 0 Å². The van der Waals surface area contributed by atoms with Gasteiger partial charge in [-0.15, -0.1) is 11.3 Å². The molecule has 4 heteroatoms. The highest BCUT2D eigenvalue weighted by Gasteiger charge is 2.18. The van der Waals surface area contributed by atoms with E-state index in [0.717, 1.165) is 48.5 Å². The van der Waals surface area contributed by atoms with Gasteiger partial charge in [-0.1, -0.05) is 72.3 Å². The number of nitrogens with zero attached hydrogens (tertiary/aromatic N) is 1. The zero-order chi connectivity index (χ0) is 26.4. The largest absolute Gasteiger partial charge is 0.456 e. The molecule has 0 aliphatic heterocycles. The number of aromatic nitrogens is 1. The Hall–Kier alpha value is -4.57. The molecule has 40 heavy (non-hydrogen) atoms. The highest BCUT2D eigenvalue weighted by Crippen LogP contribution is 2.46. The molecule has 0 saturated carbocycles. The molecule has 0 N–H and O–H groups in total. The first-order chi connectivity index (χ1) is 19.7. The van der Waals surface area contributed by atoms with Crippen LogP contribution in [0.3, 0.4) is 0 Å². The molecule has 0 aliphatic carbocycles. The molecule has 3 aromatic heterocycles. The van der Waals surface area contributed by atoms with Gasteiger partial charge < -0.3 is 8.98 Å². The Morgan fingerprint density at radius 1 is 0.550 bits per heavy atom. The molecule has 9 rings (SSSR count). The van der Waals surface area contributed by atoms with E-state index in [9.17, 15) is 0 Å². The van der Waals surface area contributed by atoms with E-state index >= 15 is 0 Å². The van der Waals surface area contributed by atoms with Gasteiger partial charge in [-0.25, -0.2) is 0 Å². The van der Waals surface area contributed by atoms with Crippen molar-refractivity contribution in [1.82, 2.24) is 4.57 Å². The van der Waals surface area contributed by atoms with Gasteiger partial charge in [0.2, 0.25) is 0 Å². The molecule has 0 atom stereocenters. The number of thiophene rings is 1. The summed E-state index contributed by atoms with van der Waals surface area (Å²) in [6.45, 7) is 0. The minimum atomic E-state index is 0.779. The summed E-state index contributed by atoms with van der Waals surface area (Å²) in [7, 11) is 0. The molecule has 0 amide bonds. The summed E-state index contributed by atoms with van der Waals surface area (Å²) in [6.07, 6.45) is 0. The van der Waals surface area contributed by atoms with E-state index in [-0.39, 0.29) is 0 Å². The fraction of sp³-hybridized carbons (Fsp3) is 0. The molecule has 2 nitrogen and oxygen atoms in total. The van der Waals surface area contributed by atoms with Crippen LogP contribution in [-0.4, -0.2) is 4.57 Å². The number of halogens is 1. The quantitative estimate of drug-likeness (QED) is 0.210. The first-order valence-corrected chi connectivity index (χ1v) is 14.5. The third-order valence-electron chi connectivity index (χ3n) is 8.05. The summed E-state index contributed by atoms with van der Waals surface area (Å²) in [5.74, 6) is 0. The predicted octanol–water partition coefficient (Wildman–Crippen LogP) is 11.4. The topological polar surface area (TPSA) is 18.1 Å². The third-order valence-corrected chi connectivity index (χ3v) is 9.66. The van der Waals surface area contributed by atoms with Crippen LogP contribution in [0.1, 0.15) is 0 Å². The lowest BCUT2D eigenvalue weighted by Crippen LogP contribution is -1.92. The maximum absolute atomic E-state index is 7.01. The lowest BCUT2D eigenvalue weighted by molar-refractivity contribution is 0.669. The van der Waals surface area contributed by atoms with Crippen molar-refractivity contribution in [2.75, 3.05) is 0 Å². The van der Waals surface area contributed by atoms with E-state index in [0.29, 0.717) is 0 Å². The second-order valence-corrected chi connectivity index (χ2v) is 11.7. The summed E-state index contributed by atoms with van der Waals surface area (Å²) < 4.78 is 10.9. The van der Waals surface area contributed by atoms with Crippen molar-refractivity contribution in [1.29, 1.82) is 0 Å². The van der Waals surface area contributed by atoms with Crippen LogP contribution in [0.5, 0.6) is 0 Å². The number of furan rings is 1. The molecule has 9 aromatic rings. The third kappa shape index (κ3) is 3.05. The molecule has 0 spiro atoms. The molecule has 0 bridgehead atoms. The van der Waals surface area contributed by atoms with Gasteiger partial charge in [0.25, 0.3) is 0 Å². The van der Waals surface area contributed by atoms with Gasteiger partial charge in [0.05, 0.1) is 20.8 Å². The second kappa shape index (κ2) is 8.22. The summed E-state index contributed by atoms with van der Waals surface area (Å²) in [6, 6.07) is 42.9. The van der Waals surface area contributed by atoms with Gasteiger partial charge in [-0.05, 0) is 71.8 Å². The average Bonchev–Trinajstić information content (AvgIpc) is 3.67. The number of fused-ring (bicyclic) bond motifs is 10. The van der Waals surface area contributed by atoms with E-state index in [1.807, 2.05) is 12.1 Å². The van der Waals surface area contributed by atoms with Crippen LogP contribution in [0.15, 0.2) is 126 Å². The first kappa shape index (κ1) is 22.3. The van der Waals surface area contributed by atoms with Gasteiger partial charge in [0.1, 0.15) is 11.2 Å². The summed E-state index contributed by atoms with van der Waals surface area (Å²) in [4.78, 5) is 0. The molecule has 0 aliphatic rings. The van der Waals surface area contributed by atoms with E-state index < -0.39 is 0 Å². The van der Waals surface area contributed by atoms with Crippen LogP contribution < -0.4 is 0 Å². The minimum absolute atomic E-state index is 0.779. The number of benzene rings is 6. The molecule has 0 saturated heterocycles. The molecule has 0 fully saturated rings. The Balaban J connectivity index is 1.33. The van der Waals surface area contributed by atoms with E-state index in [1.54, 1.807) is 11.3 Å². The summed E-state index contributed by atoms with van der Waals surface area (Å²) >= 11 is 8.75. The monoisotopic (exact) mass is 549 g/mol. The SMILES string of the molecule is Clc1cc(-c2ccc3c(c2)c2ccccc2n3-c2ccccc2)cc2c1sc1ccc3oc4ccccc4c3c12. The maximum atomic E-state index is 7.01. The second-order valence-electron chi connectivity index (χ2n) is 10.3. The van der Waals surface area contributed by atoms with Crippen molar-refractivity contribution < 1.29 is 4.42 Å². The molecule has 3 heterocycles. The molecular formula is C36H20ClNOS. The van der Waals surface area contributed by atoms with Crippen LogP contribution in [-0.2, 0) is 0 Å². The zero-order valence-electron chi connectivity index (χ0n) is 21.2. The molecular weight excluding hydrogens is 530 g/mol. The number of para-hydroxylation sites is 3. The van der Waals surface area contributed by atoms with E-state index in [1.165, 1.54) is 37.3 Å². The van der Waals surface area contributed by atoms with Crippen LogP contribution in [0.4, 0.5) is 0 Å². The number of hydrogen-bond donors (Lipinski definition) is 0. The fourth-order valence-corrected chi connectivity index (χ4v) is 7.75. The van der Waals surface area contributed by atoms with Crippen molar-refractivity contribution >= 4 is 86.9 Å². The van der Waals surface area contributed by atoms with E-state index in [4.69, 9.17) is 16.0 Å². The average molecular weight is 550 g/mol. The van der Waals surface area contributed by atoms with Gasteiger partial charge in [-0.2, -0.15) is 0 Å². The Morgan fingerprint density at radius 3 is 2.20 bits per heavy atom. The molecule has 6 aromatic carbocycles. The standard InChI is InChI=1S/C36H20ClNOS/c37-28-20-22(19-27-35-33(40-36(27)28)17-16-32-34(35)25-11-5-7-13-31(25)39-32)21-14-15-30-26(18-21)24-10-4-6-12-29(24)38(30)23-8-2-1-3-9-23/h1-20H. The maximum Gasteiger partial charge on any atom is 0.136 e. The lowest BCUT2D eigenvalue weighted by Gasteiger charge is -2.08. The van der Waals surface area contributed by atoms with Crippen molar-refractivity contribution in [3.8, 4) is 16.8 Å². The Bertz CT molecular complexity index is 2450. The van der Waals surface area contributed by atoms with Gasteiger partial charge in [-0.3, -0.25) is 0 Å². The van der Waals surface area contributed by atoms with Crippen molar-refractivity contribution in [3.05, 3.63) is 126 Å². The summed E-state index contributed by atoms with van der Waals surface area (Å²) in [5.41, 5.74) is 7.63. The van der Waals surface area contributed by atoms with Crippen LogP contribution >= 0.6 is 22.9 Å². The van der Waals surface area contributed by atoms with Gasteiger partial charge in [0.15, 0.2) is 0 Å². The number of rotatable bonds is 2. The highest BCUT2D eigenvalue weighted by molar-refractivity contribution is 7.26. The molecule has 0 unspecified atom stereocenters. The van der Waals surface area contributed by atoms with Crippen LogP contribution in [0, 0.1) is 0 Å². The van der Waals surface area contributed by atoms with E-state index in [2.05, 4.69) is 114 Å². The fourth-order valence-electron chi connectivity index (χ4n) is 6.32. The Morgan fingerprint density at radius 2 is 1.30 bits per heavy atom. The lowest BCUT2D eigenvalue weighted by atomic mass is 9.99.